The van der Waals surface area contributed by atoms with E-state index >= 15 is 0 Å². The zero-order chi connectivity index (χ0) is 22.1. The molecule has 3 aromatic carbocycles. The van der Waals surface area contributed by atoms with Crippen LogP contribution in [0, 0.1) is 11.3 Å². The molecule has 5 heteroatoms. The smallest absolute Gasteiger partial charge is 0.335 e. The van der Waals surface area contributed by atoms with Crippen molar-refractivity contribution in [3.05, 3.63) is 107 Å². The van der Waals surface area contributed by atoms with Gasteiger partial charge in [-0.3, -0.25) is 4.40 Å². The second kappa shape index (κ2) is 7.86. The molecule has 0 aliphatic heterocycles. The lowest BCUT2D eigenvalue weighted by molar-refractivity contribution is 0.0697. The number of carboxylic acids is 1. The lowest BCUT2D eigenvalue weighted by Crippen LogP contribution is -1.98. The van der Waals surface area contributed by atoms with E-state index in [1.54, 1.807) is 24.3 Å². The van der Waals surface area contributed by atoms with Crippen LogP contribution in [0.3, 0.4) is 0 Å². The number of rotatable bonds is 4. The molecule has 0 atom stereocenters. The van der Waals surface area contributed by atoms with Gasteiger partial charge in [0.1, 0.15) is 11.6 Å². The molecule has 0 aliphatic carbocycles. The summed E-state index contributed by atoms with van der Waals surface area (Å²) in [6, 6.07) is 28.8. The standard InChI is InChI=1S/C27H17N3O2/c28-17-22-21(15-12-18-10-13-20(14-11-18)27(31)32)16-25(19-6-2-1-3-7-19)30-24-9-5-4-8-23(24)29-26(22)30/h1-16H,(H,31,32)/b15-12+. The van der Waals surface area contributed by atoms with Gasteiger partial charge in [-0.2, -0.15) is 5.26 Å². The maximum atomic E-state index is 11.1. The Bertz CT molecular complexity index is 1540. The van der Waals surface area contributed by atoms with Crippen LogP contribution < -0.4 is 0 Å². The lowest BCUT2D eigenvalue weighted by Gasteiger charge is -2.11. The second-order valence-corrected chi connectivity index (χ2v) is 7.36. The Morgan fingerprint density at radius 3 is 2.38 bits per heavy atom. The predicted molar refractivity (Wildman–Crippen MR) is 125 cm³/mol. The molecular formula is C27H17N3O2. The fourth-order valence-electron chi connectivity index (χ4n) is 3.84. The van der Waals surface area contributed by atoms with Gasteiger partial charge in [0, 0.05) is 0 Å². The SMILES string of the molecule is N#Cc1c(/C=C/c2ccc(C(=O)O)cc2)cc(-c2ccccc2)n2c1nc1ccccc12. The van der Waals surface area contributed by atoms with Gasteiger partial charge >= 0.3 is 5.97 Å². The number of carboxylic acid groups (broad SMARTS) is 1. The molecule has 0 saturated heterocycles. The molecule has 5 aromatic rings. The van der Waals surface area contributed by atoms with E-state index < -0.39 is 5.97 Å². The number of aromatic carboxylic acids is 1. The fraction of sp³-hybridized carbons (Fsp3) is 0. The minimum absolute atomic E-state index is 0.233. The molecular weight excluding hydrogens is 398 g/mol. The zero-order valence-corrected chi connectivity index (χ0v) is 16.9. The van der Waals surface area contributed by atoms with E-state index in [1.807, 2.05) is 77.2 Å². The quantitative estimate of drug-likeness (QED) is 0.397. The van der Waals surface area contributed by atoms with Crippen LogP contribution in [0.2, 0.25) is 0 Å². The average molecular weight is 415 g/mol. The maximum absolute atomic E-state index is 11.1. The van der Waals surface area contributed by atoms with Crippen LogP contribution in [0.4, 0.5) is 0 Å². The largest absolute Gasteiger partial charge is 0.478 e. The summed E-state index contributed by atoms with van der Waals surface area (Å²) in [6.07, 6.45) is 3.75. The third-order valence-corrected chi connectivity index (χ3v) is 5.40. The highest BCUT2D eigenvalue weighted by atomic mass is 16.4. The van der Waals surface area contributed by atoms with Crippen molar-refractivity contribution in [2.75, 3.05) is 0 Å². The van der Waals surface area contributed by atoms with Crippen molar-refractivity contribution in [3.8, 4) is 17.3 Å². The number of imidazole rings is 1. The van der Waals surface area contributed by atoms with Gasteiger partial charge in [0.05, 0.1) is 22.3 Å². The van der Waals surface area contributed by atoms with E-state index in [-0.39, 0.29) is 5.56 Å². The van der Waals surface area contributed by atoms with E-state index in [0.29, 0.717) is 11.2 Å². The van der Waals surface area contributed by atoms with E-state index in [2.05, 4.69) is 6.07 Å². The maximum Gasteiger partial charge on any atom is 0.335 e. The number of pyridine rings is 1. The monoisotopic (exact) mass is 415 g/mol. The molecule has 152 valence electrons. The first-order valence-corrected chi connectivity index (χ1v) is 10.1. The van der Waals surface area contributed by atoms with Crippen molar-refractivity contribution >= 4 is 34.8 Å². The van der Waals surface area contributed by atoms with Crippen LogP contribution in [0.15, 0.2) is 84.9 Å². The highest BCUT2D eigenvalue weighted by Crippen LogP contribution is 2.31. The number of nitrogens with zero attached hydrogens (tertiary/aromatic N) is 3. The summed E-state index contributed by atoms with van der Waals surface area (Å²) < 4.78 is 2.03. The Morgan fingerprint density at radius 2 is 1.66 bits per heavy atom. The van der Waals surface area contributed by atoms with Gasteiger partial charge < -0.3 is 5.11 Å². The summed E-state index contributed by atoms with van der Waals surface area (Å²) in [6.45, 7) is 0. The molecule has 0 saturated carbocycles. The highest BCUT2D eigenvalue weighted by molar-refractivity contribution is 5.90. The Hall–Kier alpha value is -4.69. The summed E-state index contributed by atoms with van der Waals surface area (Å²) in [5.41, 5.74) is 6.64. The van der Waals surface area contributed by atoms with Crippen LogP contribution in [-0.2, 0) is 0 Å². The van der Waals surface area contributed by atoms with Crippen molar-refractivity contribution in [3.63, 3.8) is 0 Å². The van der Waals surface area contributed by atoms with Gasteiger partial charge in [0.15, 0.2) is 5.65 Å². The number of benzene rings is 3. The third-order valence-electron chi connectivity index (χ3n) is 5.40. The van der Waals surface area contributed by atoms with Crippen molar-refractivity contribution in [2.45, 2.75) is 0 Å². The van der Waals surface area contributed by atoms with Gasteiger partial charge in [-0.05, 0) is 47.0 Å². The van der Waals surface area contributed by atoms with Crippen LogP contribution >= 0.6 is 0 Å². The first kappa shape index (κ1) is 19.3. The van der Waals surface area contributed by atoms with E-state index in [9.17, 15) is 10.1 Å². The van der Waals surface area contributed by atoms with E-state index in [1.165, 1.54) is 0 Å². The van der Waals surface area contributed by atoms with Crippen molar-refractivity contribution in [2.24, 2.45) is 0 Å². The molecule has 32 heavy (non-hydrogen) atoms. The number of fused-ring (bicyclic) bond motifs is 3. The summed E-state index contributed by atoms with van der Waals surface area (Å²) in [7, 11) is 0. The summed E-state index contributed by atoms with van der Waals surface area (Å²) in [5.74, 6) is -0.961. The minimum Gasteiger partial charge on any atom is -0.478 e. The Kier molecular flexibility index (Phi) is 4.74. The number of hydrogen-bond acceptors (Lipinski definition) is 3. The summed E-state index contributed by atoms with van der Waals surface area (Å²) in [5, 5.41) is 19.1. The molecule has 1 N–H and O–H groups in total. The highest BCUT2D eigenvalue weighted by Gasteiger charge is 2.16. The Morgan fingerprint density at radius 1 is 0.938 bits per heavy atom. The topological polar surface area (TPSA) is 78.4 Å². The second-order valence-electron chi connectivity index (χ2n) is 7.36. The number of nitriles is 1. The molecule has 0 aliphatic rings. The summed E-state index contributed by atoms with van der Waals surface area (Å²) in [4.78, 5) is 15.8. The molecule has 0 unspecified atom stereocenters. The van der Waals surface area contributed by atoms with Gasteiger partial charge in [0.25, 0.3) is 0 Å². The molecule has 0 amide bonds. The van der Waals surface area contributed by atoms with Crippen molar-refractivity contribution < 1.29 is 9.90 Å². The van der Waals surface area contributed by atoms with Gasteiger partial charge in [-0.1, -0.05) is 66.7 Å². The van der Waals surface area contributed by atoms with Gasteiger partial charge in [-0.25, -0.2) is 9.78 Å². The van der Waals surface area contributed by atoms with Crippen molar-refractivity contribution in [1.82, 2.24) is 9.38 Å². The predicted octanol–water partition coefficient (Wildman–Crippen LogP) is 5.89. The van der Waals surface area contributed by atoms with Crippen molar-refractivity contribution in [1.29, 1.82) is 5.26 Å². The number of carbonyl (C=O) groups is 1. The molecule has 0 bridgehead atoms. The lowest BCUT2D eigenvalue weighted by atomic mass is 10.0. The molecule has 0 fully saturated rings. The van der Waals surface area contributed by atoms with Crippen LogP contribution in [0.5, 0.6) is 0 Å². The van der Waals surface area contributed by atoms with Crippen LogP contribution in [0.25, 0.3) is 40.1 Å². The van der Waals surface area contributed by atoms with E-state index in [4.69, 9.17) is 10.1 Å². The molecule has 2 heterocycles. The summed E-state index contributed by atoms with van der Waals surface area (Å²) >= 11 is 0. The average Bonchev–Trinajstić information content (AvgIpc) is 3.22. The number of para-hydroxylation sites is 2. The third kappa shape index (κ3) is 3.30. The zero-order valence-electron chi connectivity index (χ0n) is 16.9. The minimum atomic E-state index is -0.961. The molecule has 0 spiro atoms. The number of hydrogen-bond donors (Lipinski definition) is 1. The first-order chi connectivity index (χ1) is 15.7. The van der Waals surface area contributed by atoms with E-state index in [0.717, 1.165) is 33.4 Å². The Balaban J connectivity index is 1.73. The molecule has 5 nitrogen and oxygen atoms in total. The normalized spacial score (nSPS) is 11.2. The molecule has 0 radical (unpaired) electrons. The Labute approximate surface area is 184 Å². The molecule has 2 aromatic heterocycles. The van der Waals surface area contributed by atoms with Crippen LogP contribution in [0.1, 0.15) is 27.0 Å². The number of aromatic nitrogens is 2. The molecule has 5 rings (SSSR count). The first-order valence-electron chi connectivity index (χ1n) is 10.1. The van der Waals surface area contributed by atoms with Gasteiger partial charge in [0.2, 0.25) is 0 Å². The fourth-order valence-corrected chi connectivity index (χ4v) is 3.84. The van der Waals surface area contributed by atoms with Crippen LogP contribution in [-0.4, -0.2) is 20.5 Å². The van der Waals surface area contributed by atoms with Gasteiger partial charge in [-0.15, -0.1) is 0 Å².